The van der Waals surface area contributed by atoms with Crippen molar-refractivity contribution in [3.8, 4) is 0 Å². The second-order valence-corrected chi connectivity index (χ2v) is 5.41. The van der Waals surface area contributed by atoms with Crippen molar-refractivity contribution in [1.29, 1.82) is 0 Å². The van der Waals surface area contributed by atoms with Gasteiger partial charge in [-0.2, -0.15) is 4.98 Å². The molecule has 2 aromatic heterocycles. The molecule has 0 radical (unpaired) electrons. The highest BCUT2D eigenvalue weighted by atomic mass is 35.5. The molecular weight excluding hydrogens is 256 g/mol. The van der Waals surface area contributed by atoms with Gasteiger partial charge in [0.2, 0.25) is 5.28 Å². The first-order valence-corrected chi connectivity index (χ1v) is 6.60. The van der Waals surface area contributed by atoms with Crippen LogP contribution in [0.3, 0.4) is 0 Å². The maximum atomic E-state index is 5.93. The molecule has 0 bridgehead atoms. The van der Waals surface area contributed by atoms with Crippen molar-refractivity contribution >= 4 is 39.0 Å². The van der Waals surface area contributed by atoms with Crippen LogP contribution in [-0.2, 0) is 0 Å². The predicted molar refractivity (Wildman–Crippen MR) is 74.2 cm³/mol. The molecule has 0 spiro atoms. The SMILES string of the molecule is CN(C)CCN(C)c1nc(Cl)nc2sccc12. The fourth-order valence-corrected chi connectivity index (χ4v) is 2.53. The van der Waals surface area contributed by atoms with E-state index in [0.717, 1.165) is 29.1 Å². The number of likely N-dealkylation sites (N-methyl/N-ethyl adjacent to an activating group) is 2. The number of nitrogens with zero attached hydrogens (tertiary/aromatic N) is 4. The van der Waals surface area contributed by atoms with Crippen LogP contribution in [0.25, 0.3) is 10.2 Å². The number of anilines is 1. The third kappa shape index (κ3) is 2.86. The average Bonchev–Trinajstić information content (AvgIpc) is 2.72. The summed E-state index contributed by atoms with van der Waals surface area (Å²) in [6.07, 6.45) is 0. The van der Waals surface area contributed by atoms with E-state index in [2.05, 4.69) is 33.9 Å². The summed E-state index contributed by atoms with van der Waals surface area (Å²) in [4.78, 5) is 13.7. The monoisotopic (exact) mass is 270 g/mol. The molecule has 0 N–H and O–H groups in total. The molecule has 0 saturated heterocycles. The van der Waals surface area contributed by atoms with E-state index in [-0.39, 0.29) is 0 Å². The zero-order valence-electron chi connectivity index (χ0n) is 10.1. The molecule has 0 atom stereocenters. The van der Waals surface area contributed by atoms with Gasteiger partial charge in [-0.25, -0.2) is 4.98 Å². The molecule has 17 heavy (non-hydrogen) atoms. The zero-order chi connectivity index (χ0) is 12.4. The molecule has 6 heteroatoms. The summed E-state index contributed by atoms with van der Waals surface area (Å²) in [5, 5.41) is 3.39. The lowest BCUT2D eigenvalue weighted by Crippen LogP contribution is -2.29. The van der Waals surface area contributed by atoms with Crippen LogP contribution in [0.2, 0.25) is 5.28 Å². The Labute approximate surface area is 110 Å². The summed E-state index contributed by atoms with van der Waals surface area (Å²) in [6.45, 7) is 1.88. The third-order valence-corrected chi connectivity index (χ3v) is 3.50. The number of thiophene rings is 1. The fraction of sp³-hybridized carbons (Fsp3) is 0.455. The summed E-state index contributed by atoms with van der Waals surface area (Å²) in [6, 6.07) is 2.04. The molecule has 0 aromatic carbocycles. The van der Waals surface area contributed by atoms with Crippen molar-refractivity contribution < 1.29 is 0 Å². The lowest BCUT2D eigenvalue weighted by Gasteiger charge is -2.21. The maximum absolute atomic E-state index is 5.93. The van der Waals surface area contributed by atoms with Gasteiger partial charge >= 0.3 is 0 Å². The Bertz CT molecular complexity index is 511. The molecule has 0 unspecified atom stereocenters. The smallest absolute Gasteiger partial charge is 0.225 e. The highest BCUT2D eigenvalue weighted by Gasteiger charge is 2.11. The van der Waals surface area contributed by atoms with Gasteiger partial charge in [-0.15, -0.1) is 11.3 Å². The highest BCUT2D eigenvalue weighted by Crippen LogP contribution is 2.28. The van der Waals surface area contributed by atoms with Crippen molar-refractivity contribution in [2.24, 2.45) is 0 Å². The number of hydrogen-bond acceptors (Lipinski definition) is 5. The van der Waals surface area contributed by atoms with Crippen molar-refractivity contribution in [3.63, 3.8) is 0 Å². The van der Waals surface area contributed by atoms with Crippen molar-refractivity contribution in [2.45, 2.75) is 0 Å². The van der Waals surface area contributed by atoms with Crippen LogP contribution in [0.15, 0.2) is 11.4 Å². The fourth-order valence-electron chi connectivity index (χ4n) is 1.56. The molecule has 0 aliphatic heterocycles. The predicted octanol–water partition coefficient (Wildman–Crippen LogP) is 2.34. The van der Waals surface area contributed by atoms with Crippen LogP contribution in [-0.4, -0.2) is 49.1 Å². The van der Waals surface area contributed by atoms with Crippen LogP contribution < -0.4 is 4.90 Å². The van der Waals surface area contributed by atoms with E-state index in [0.29, 0.717) is 5.28 Å². The van der Waals surface area contributed by atoms with Gasteiger partial charge in [0, 0.05) is 20.1 Å². The van der Waals surface area contributed by atoms with Gasteiger partial charge < -0.3 is 9.80 Å². The number of hydrogen-bond donors (Lipinski definition) is 0. The minimum Gasteiger partial charge on any atom is -0.358 e. The summed E-state index contributed by atoms with van der Waals surface area (Å²) in [5.74, 6) is 0.906. The Balaban J connectivity index is 2.30. The van der Waals surface area contributed by atoms with Crippen LogP contribution in [0.5, 0.6) is 0 Å². The largest absolute Gasteiger partial charge is 0.358 e. The second kappa shape index (κ2) is 5.16. The molecule has 2 rings (SSSR count). The van der Waals surface area contributed by atoms with E-state index in [1.54, 1.807) is 11.3 Å². The van der Waals surface area contributed by atoms with E-state index in [9.17, 15) is 0 Å². The number of aromatic nitrogens is 2. The van der Waals surface area contributed by atoms with Crippen molar-refractivity contribution in [2.75, 3.05) is 39.1 Å². The molecule has 92 valence electrons. The number of rotatable bonds is 4. The molecule has 0 aliphatic rings. The Morgan fingerprint density at radius 3 is 2.71 bits per heavy atom. The topological polar surface area (TPSA) is 32.3 Å². The van der Waals surface area contributed by atoms with Crippen molar-refractivity contribution in [3.05, 3.63) is 16.7 Å². The minimum atomic E-state index is 0.312. The van der Waals surface area contributed by atoms with Gasteiger partial charge in [0.15, 0.2) is 0 Å². The molecule has 0 fully saturated rings. The standard InChI is InChI=1S/C11H15ClN4S/c1-15(2)5-6-16(3)9-8-4-7-17-10(8)14-11(12)13-9/h4,7H,5-6H2,1-3H3. The van der Waals surface area contributed by atoms with E-state index in [1.165, 1.54) is 0 Å². The minimum absolute atomic E-state index is 0.312. The van der Waals surface area contributed by atoms with Gasteiger partial charge in [0.05, 0.1) is 5.39 Å². The third-order valence-electron chi connectivity index (χ3n) is 2.52. The van der Waals surface area contributed by atoms with Gasteiger partial charge in [0.25, 0.3) is 0 Å². The molecule has 4 nitrogen and oxygen atoms in total. The summed E-state index contributed by atoms with van der Waals surface area (Å²) >= 11 is 7.52. The molecule has 2 aromatic rings. The summed E-state index contributed by atoms with van der Waals surface area (Å²) in [5.41, 5.74) is 0. The van der Waals surface area contributed by atoms with Gasteiger partial charge in [-0.1, -0.05) is 0 Å². The first kappa shape index (κ1) is 12.5. The van der Waals surface area contributed by atoms with Crippen molar-refractivity contribution in [1.82, 2.24) is 14.9 Å². The molecule has 0 amide bonds. The Kier molecular flexibility index (Phi) is 3.81. The first-order chi connectivity index (χ1) is 8.08. The van der Waals surface area contributed by atoms with E-state index in [1.807, 2.05) is 18.5 Å². The normalized spacial score (nSPS) is 11.4. The molecular formula is C11H15ClN4S. The first-order valence-electron chi connectivity index (χ1n) is 5.34. The maximum Gasteiger partial charge on any atom is 0.225 e. The molecule has 0 saturated carbocycles. The second-order valence-electron chi connectivity index (χ2n) is 4.18. The van der Waals surface area contributed by atoms with E-state index < -0.39 is 0 Å². The lowest BCUT2D eigenvalue weighted by atomic mass is 10.3. The highest BCUT2D eigenvalue weighted by molar-refractivity contribution is 7.16. The quantitative estimate of drug-likeness (QED) is 0.799. The Morgan fingerprint density at radius 2 is 2.00 bits per heavy atom. The van der Waals surface area contributed by atoms with Gasteiger partial charge in [-0.3, -0.25) is 0 Å². The van der Waals surface area contributed by atoms with E-state index >= 15 is 0 Å². The zero-order valence-corrected chi connectivity index (χ0v) is 11.7. The molecule has 0 aliphatic carbocycles. The number of fused-ring (bicyclic) bond motifs is 1. The summed E-state index contributed by atoms with van der Waals surface area (Å²) in [7, 11) is 6.14. The Morgan fingerprint density at radius 1 is 1.24 bits per heavy atom. The lowest BCUT2D eigenvalue weighted by molar-refractivity contribution is 0.416. The summed E-state index contributed by atoms with van der Waals surface area (Å²) < 4.78 is 0. The van der Waals surface area contributed by atoms with Gasteiger partial charge in [-0.05, 0) is 37.1 Å². The van der Waals surface area contributed by atoms with Crippen LogP contribution in [0.1, 0.15) is 0 Å². The average molecular weight is 271 g/mol. The molecule has 2 heterocycles. The Hall–Kier alpha value is -0.910. The van der Waals surface area contributed by atoms with Gasteiger partial charge in [0.1, 0.15) is 10.6 Å². The van der Waals surface area contributed by atoms with Crippen LogP contribution in [0, 0.1) is 0 Å². The number of halogens is 1. The van der Waals surface area contributed by atoms with Crippen LogP contribution in [0.4, 0.5) is 5.82 Å². The van der Waals surface area contributed by atoms with Crippen LogP contribution >= 0.6 is 22.9 Å². The van der Waals surface area contributed by atoms with E-state index in [4.69, 9.17) is 11.6 Å².